The summed E-state index contributed by atoms with van der Waals surface area (Å²) in [6.07, 6.45) is 1.51. The molecule has 0 aliphatic heterocycles. The molecule has 0 spiro atoms. The van der Waals surface area contributed by atoms with Crippen molar-refractivity contribution in [2.75, 3.05) is 29.0 Å². The second-order valence-corrected chi connectivity index (χ2v) is 7.80. The van der Waals surface area contributed by atoms with Crippen LogP contribution in [0.1, 0.15) is 19.8 Å². The van der Waals surface area contributed by atoms with Gasteiger partial charge in [0, 0.05) is 18.7 Å². The number of nitrogens with one attached hydrogen (secondary N) is 1. The predicted octanol–water partition coefficient (Wildman–Crippen LogP) is 3.41. The third kappa shape index (κ3) is 6.25. The Morgan fingerprint density at radius 2 is 1.93 bits per heavy atom. The maximum Gasteiger partial charge on any atom is 0.232 e. The monoisotopic (exact) mass is 394 g/mol. The van der Waals surface area contributed by atoms with E-state index < -0.39 is 15.8 Å². The van der Waals surface area contributed by atoms with Crippen molar-refractivity contribution in [2.24, 2.45) is 0 Å². The summed E-state index contributed by atoms with van der Waals surface area (Å²) in [7, 11) is -3.55. The first-order valence-electron chi connectivity index (χ1n) is 8.56. The summed E-state index contributed by atoms with van der Waals surface area (Å²) < 4.78 is 44.3. The van der Waals surface area contributed by atoms with Gasteiger partial charge in [0.1, 0.15) is 11.6 Å². The topological polar surface area (TPSA) is 75.7 Å². The van der Waals surface area contributed by atoms with E-state index >= 15 is 0 Å². The Kier molecular flexibility index (Phi) is 7.18. The van der Waals surface area contributed by atoms with Gasteiger partial charge >= 0.3 is 0 Å². The molecule has 0 heterocycles. The van der Waals surface area contributed by atoms with E-state index in [9.17, 15) is 17.6 Å². The van der Waals surface area contributed by atoms with Crippen LogP contribution < -0.4 is 14.4 Å². The zero-order chi connectivity index (χ0) is 19.9. The van der Waals surface area contributed by atoms with Gasteiger partial charge in [0.25, 0.3) is 0 Å². The number of para-hydroxylation sites is 2. The van der Waals surface area contributed by atoms with Crippen LogP contribution in [0.3, 0.4) is 0 Å². The fourth-order valence-electron chi connectivity index (χ4n) is 2.58. The Balaban J connectivity index is 2.03. The van der Waals surface area contributed by atoms with Crippen LogP contribution in [0.4, 0.5) is 15.8 Å². The minimum atomic E-state index is -3.55. The zero-order valence-corrected chi connectivity index (χ0v) is 16.1. The molecule has 146 valence electrons. The number of sulfonamides is 1. The highest BCUT2D eigenvalue weighted by atomic mass is 32.2. The number of ether oxygens (including phenoxy) is 1. The average Bonchev–Trinajstić information content (AvgIpc) is 2.59. The third-order valence-corrected chi connectivity index (χ3v) is 4.89. The molecule has 0 fully saturated rings. The van der Waals surface area contributed by atoms with E-state index in [1.807, 2.05) is 6.92 Å². The zero-order valence-electron chi connectivity index (χ0n) is 15.3. The minimum Gasteiger partial charge on any atom is -0.492 e. The van der Waals surface area contributed by atoms with Gasteiger partial charge < -0.3 is 10.1 Å². The van der Waals surface area contributed by atoms with Gasteiger partial charge in [-0.3, -0.25) is 9.10 Å². The molecule has 2 aromatic carbocycles. The van der Waals surface area contributed by atoms with Gasteiger partial charge in [-0.1, -0.05) is 18.2 Å². The fourth-order valence-corrected chi connectivity index (χ4v) is 3.55. The van der Waals surface area contributed by atoms with E-state index in [2.05, 4.69) is 5.32 Å². The van der Waals surface area contributed by atoms with Crippen molar-refractivity contribution in [1.29, 1.82) is 0 Å². The highest BCUT2D eigenvalue weighted by molar-refractivity contribution is 7.92. The van der Waals surface area contributed by atoms with Gasteiger partial charge in [0.2, 0.25) is 15.9 Å². The maximum absolute atomic E-state index is 13.2. The number of amides is 1. The number of nitrogens with zero attached hydrogens (tertiary/aromatic N) is 1. The smallest absolute Gasteiger partial charge is 0.232 e. The number of halogens is 1. The Hall–Kier alpha value is -2.61. The summed E-state index contributed by atoms with van der Waals surface area (Å²) >= 11 is 0. The van der Waals surface area contributed by atoms with Crippen molar-refractivity contribution in [3.05, 3.63) is 54.3 Å². The molecule has 8 heteroatoms. The first-order valence-corrected chi connectivity index (χ1v) is 10.4. The number of rotatable bonds is 9. The molecule has 0 aromatic heterocycles. The molecular weight excluding hydrogens is 371 g/mol. The molecule has 0 aliphatic carbocycles. The van der Waals surface area contributed by atoms with Crippen LogP contribution in [0.15, 0.2) is 48.5 Å². The van der Waals surface area contributed by atoms with E-state index in [0.717, 1.165) is 6.26 Å². The van der Waals surface area contributed by atoms with Crippen molar-refractivity contribution in [2.45, 2.75) is 19.8 Å². The Morgan fingerprint density at radius 3 is 2.59 bits per heavy atom. The number of carbonyl (C=O) groups is 1. The summed E-state index contributed by atoms with van der Waals surface area (Å²) in [5.41, 5.74) is 0.800. The van der Waals surface area contributed by atoms with Crippen LogP contribution in [0.5, 0.6) is 5.75 Å². The Bertz CT molecular complexity index is 887. The second-order valence-electron chi connectivity index (χ2n) is 5.90. The van der Waals surface area contributed by atoms with E-state index in [0.29, 0.717) is 30.2 Å². The van der Waals surface area contributed by atoms with Gasteiger partial charge in [-0.05, 0) is 43.7 Å². The summed E-state index contributed by atoms with van der Waals surface area (Å²) in [5, 5.41) is 2.60. The molecule has 2 aromatic rings. The van der Waals surface area contributed by atoms with Crippen LogP contribution in [0.2, 0.25) is 0 Å². The van der Waals surface area contributed by atoms with Gasteiger partial charge in [-0.2, -0.15) is 0 Å². The van der Waals surface area contributed by atoms with Crippen molar-refractivity contribution >= 4 is 27.3 Å². The predicted molar refractivity (Wildman–Crippen MR) is 104 cm³/mol. The standard InChI is InChI=1S/C19H23FN2O4S/c1-3-26-18-11-5-4-10-17(18)22(27(2,24)25)13-7-12-19(23)21-16-9-6-8-15(20)14-16/h4-6,8-11,14H,3,7,12-13H2,1-2H3,(H,21,23). The molecule has 0 bridgehead atoms. The van der Waals surface area contributed by atoms with Crippen molar-refractivity contribution in [3.8, 4) is 5.75 Å². The second kappa shape index (κ2) is 9.36. The Labute approximate surface area is 159 Å². The first kappa shape index (κ1) is 20.7. The van der Waals surface area contributed by atoms with Crippen LogP contribution >= 0.6 is 0 Å². The summed E-state index contributed by atoms with van der Waals surface area (Å²) in [6, 6.07) is 12.5. The van der Waals surface area contributed by atoms with Crippen LogP contribution in [0.25, 0.3) is 0 Å². The molecule has 0 radical (unpaired) electrons. The van der Waals surface area contributed by atoms with Crippen LogP contribution in [0, 0.1) is 5.82 Å². The Morgan fingerprint density at radius 1 is 1.19 bits per heavy atom. The van der Waals surface area contributed by atoms with Crippen LogP contribution in [-0.2, 0) is 14.8 Å². The number of carbonyl (C=O) groups excluding carboxylic acids is 1. The van der Waals surface area contributed by atoms with E-state index in [4.69, 9.17) is 4.74 Å². The van der Waals surface area contributed by atoms with Crippen molar-refractivity contribution < 1.29 is 22.3 Å². The molecular formula is C19H23FN2O4S. The lowest BCUT2D eigenvalue weighted by Crippen LogP contribution is -2.31. The van der Waals surface area contributed by atoms with Gasteiger partial charge in [-0.25, -0.2) is 12.8 Å². The third-order valence-electron chi connectivity index (χ3n) is 3.71. The lowest BCUT2D eigenvalue weighted by atomic mass is 10.2. The molecule has 0 aliphatic rings. The van der Waals surface area contributed by atoms with Gasteiger partial charge in [0.15, 0.2) is 0 Å². The first-order chi connectivity index (χ1) is 12.8. The van der Waals surface area contributed by atoms with Gasteiger partial charge in [-0.15, -0.1) is 0 Å². The van der Waals surface area contributed by atoms with E-state index in [1.165, 1.54) is 22.5 Å². The average molecular weight is 394 g/mol. The quantitative estimate of drug-likeness (QED) is 0.707. The summed E-state index contributed by atoms with van der Waals surface area (Å²) in [5.74, 6) is -0.287. The normalized spacial score (nSPS) is 11.1. The maximum atomic E-state index is 13.2. The molecule has 1 N–H and O–H groups in total. The number of anilines is 2. The van der Waals surface area contributed by atoms with Crippen molar-refractivity contribution in [1.82, 2.24) is 0 Å². The summed E-state index contributed by atoms with van der Waals surface area (Å²) in [6.45, 7) is 2.35. The number of benzene rings is 2. The van der Waals surface area contributed by atoms with E-state index in [-0.39, 0.29) is 18.9 Å². The highest BCUT2D eigenvalue weighted by Crippen LogP contribution is 2.30. The lowest BCUT2D eigenvalue weighted by molar-refractivity contribution is -0.116. The minimum absolute atomic E-state index is 0.0966. The van der Waals surface area contributed by atoms with Crippen molar-refractivity contribution in [3.63, 3.8) is 0 Å². The molecule has 2 rings (SSSR count). The number of hydrogen-bond acceptors (Lipinski definition) is 4. The van der Waals surface area contributed by atoms with Gasteiger partial charge in [0.05, 0.1) is 18.6 Å². The molecule has 0 unspecified atom stereocenters. The lowest BCUT2D eigenvalue weighted by Gasteiger charge is -2.24. The molecule has 0 atom stereocenters. The molecule has 0 saturated carbocycles. The number of hydrogen-bond donors (Lipinski definition) is 1. The fraction of sp³-hybridized carbons (Fsp3) is 0.316. The molecule has 1 amide bonds. The van der Waals surface area contributed by atoms with E-state index in [1.54, 1.807) is 30.3 Å². The van der Waals surface area contributed by atoms with Crippen LogP contribution in [-0.4, -0.2) is 33.7 Å². The SMILES string of the molecule is CCOc1ccccc1N(CCCC(=O)Nc1cccc(F)c1)S(C)(=O)=O. The highest BCUT2D eigenvalue weighted by Gasteiger charge is 2.21. The largest absolute Gasteiger partial charge is 0.492 e. The summed E-state index contributed by atoms with van der Waals surface area (Å²) in [4.78, 5) is 12.0. The molecule has 6 nitrogen and oxygen atoms in total. The molecule has 0 saturated heterocycles. The molecule has 27 heavy (non-hydrogen) atoms.